The second kappa shape index (κ2) is 4.87. The van der Waals surface area contributed by atoms with E-state index in [0.717, 1.165) is 25.0 Å². The average molecular weight is 260 g/mol. The summed E-state index contributed by atoms with van der Waals surface area (Å²) >= 11 is 5.44. The second-order valence-corrected chi connectivity index (χ2v) is 4.39. The fraction of sp³-hybridized carbons (Fsp3) is 0.364. The Labute approximate surface area is 103 Å². The van der Waals surface area contributed by atoms with Crippen LogP contribution in [-0.4, -0.2) is 12.0 Å². The van der Waals surface area contributed by atoms with E-state index in [2.05, 4.69) is 10.3 Å². The number of rotatable bonds is 3. The van der Waals surface area contributed by atoms with Gasteiger partial charge in [-0.05, 0) is 25.0 Å². The van der Waals surface area contributed by atoms with E-state index in [0.29, 0.717) is 6.04 Å². The van der Waals surface area contributed by atoms with Crippen LogP contribution in [0, 0.1) is 11.6 Å². The predicted molar refractivity (Wildman–Crippen MR) is 62.9 cm³/mol. The Kier molecular flexibility index (Phi) is 3.47. The molecule has 0 radical (unpaired) electrons. The zero-order valence-electron chi connectivity index (χ0n) is 9.01. The van der Waals surface area contributed by atoms with E-state index in [4.69, 9.17) is 17.3 Å². The van der Waals surface area contributed by atoms with E-state index in [1.807, 2.05) is 0 Å². The summed E-state index contributed by atoms with van der Waals surface area (Å²) in [7, 11) is 0. The quantitative estimate of drug-likeness (QED) is 0.497. The minimum absolute atomic E-state index is 0.00846. The number of hydrogen-bond donors (Lipinski definition) is 2. The number of hydrogen-bond acceptors (Lipinski definition) is 1. The van der Waals surface area contributed by atoms with Gasteiger partial charge in [-0.25, -0.2) is 13.8 Å². The topological polar surface area (TPSA) is 50.4 Å². The summed E-state index contributed by atoms with van der Waals surface area (Å²) in [6, 6.07) is 2.35. The summed E-state index contributed by atoms with van der Waals surface area (Å²) in [6.07, 6.45) is 2.14. The number of aliphatic imine (C=N–C) groups is 1. The zero-order valence-corrected chi connectivity index (χ0v) is 9.77. The monoisotopic (exact) mass is 259 g/mol. The molecule has 1 aliphatic rings. The van der Waals surface area contributed by atoms with Crippen LogP contribution in [0.1, 0.15) is 18.4 Å². The molecule has 3 nitrogen and oxygen atoms in total. The summed E-state index contributed by atoms with van der Waals surface area (Å²) in [4.78, 5) is 3.94. The highest BCUT2D eigenvalue weighted by molar-refractivity contribution is 6.30. The van der Waals surface area contributed by atoms with Crippen LogP contribution < -0.4 is 11.1 Å². The van der Waals surface area contributed by atoms with Gasteiger partial charge in [-0.15, -0.1) is 0 Å². The van der Waals surface area contributed by atoms with Crippen molar-refractivity contribution in [3.8, 4) is 0 Å². The van der Waals surface area contributed by atoms with E-state index in [-0.39, 0.29) is 23.1 Å². The first-order valence-electron chi connectivity index (χ1n) is 5.26. The molecule has 0 saturated heterocycles. The van der Waals surface area contributed by atoms with Crippen LogP contribution in [0.4, 0.5) is 8.78 Å². The van der Waals surface area contributed by atoms with Crippen molar-refractivity contribution in [2.75, 3.05) is 0 Å². The highest BCUT2D eigenvalue weighted by atomic mass is 35.5. The summed E-state index contributed by atoms with van der Waals surface area (Å²) in [5, 5.41) is 2.72. The molecule has 6 heteroatoms. The fourth-order valence-electron chi connectivity index (χ4n) is 1.34. The minimum Gasteiger partial charge on any atom is -0.370 e. The minimum atomic E-state index is -0.660. The van der Waals surface area contributed by atoms with Gasteiger partial charge in [0.1, 0.15) is 11.6 Å². The summed E-state index contributed by atoms with van der Waals surface area (Å²) in [5.41, 5.74) is 5.71. The van der Waals surface area contributed by atoms with Gasteiger partial charge in [0.2, 0.25) is 0 Å². The molecule has 1 aliphatic carbocycles. The third-order valence-corrected chi connectivity index (χ3v) is 2.73. The van der Waals surface area contributed by atoms with Crippen LogP contribution >= 0.6 is 11.6 Å². The molecule has 92 valence electrons. The molecule has 0 bridgehead atoms. The number of nitrogens with two attached hydrogens (primary N) is 1. The lowest BCUT2D eigenvalue weighted by Crippen LogP contribution is -2.33. The molecule has 1 aromatic rings. The average Bonchev–Trinajstić information content (AvgIpc) is 3.05. The molecule has 0 unspecified atom stereocenters. The van der Waals surface area contributed by atoms with Gasteiger partial charge in [0.05, 0.1) is 11.6 Å². The molecule has 2 rings (SSSR count). The van der Waals surface area contributed by atoms with Crippen molar-refractivity contribution in [3.63, 3.8) is 0 Å². The molecule has 3 N–H and O–H groups in total. The van der Waals surface area contributed by atoms with Crippen molar-refractivity contribution < 1.29 is 8.78 Å². The zero-order chi connectivity index (χ0) is 12.4. The van der Waals surface area contributed by atoms with Crippen LogP contribution in [-0.2, 0) is 6.54 Å². The number of halogens is 3. The maximum atomic E-state index is 13.4. The molecule has 17 heavy (non-hydrogen) atoms. The van der Waals surface area contributed by atoms with E-state index >= 15 is 0 Å². The van der Waals surface area contributed by atoms with Gasteiger partial charge in [0.15, 0.2) is 5.96 Å². The normalized spacial score (nSPS) is 16.1. The van der Waals surface area contributed by atoms with Crippen LogP contribution in [0.25, 0.3) is 0 Å². The number of nitrogens with zero attached hydrogens (tertiary/aromatic N) is 1. The van der Waals surface area contributed by atoms with Crippen LogP contribution in [0.5, 0.6) is 0 Å². The molecular weight excluding hydrogens is 248 g/mol. The Hall–Kier alpha value is -1.36. The predicted octanol–water partition coefficient (Wildman–Crippen LogP) is 2.18. The third-order valence-electron chi connectivity index (χ3n) is 2.44. The highest BCUT2D eigenvalue weighted by Gasteiger charge is 2.21. The first kappa shape index (κ1) is 12.1. The van der Waals surface area contributed by atoms with Crippen LogP contribution in [0.2, 0.25) is 5.02 Å². The maximum Gasteiger partial charge on any atom is 0.189 e. The molecule has 1 fully saturated rings. The van der Waals surface area contributed by atoms with Crippen molar-refractivity contribution in [2.45, 2.75) is 25.4 Å². The molecule has 0 spiro atoms. The fourth-order valence-corrected chi connectivity index (χ4v) is 1.49. The van der Waals surface area contributed by atoms with Crippen LogP contribution in [0.15, 0.2) is 17.1 Å². The van der Waals surface area contributed by atoms with Gasteiger partial charge in [-0.2, -0.15) is 0 Å². The number of guanidine groups is 1. The second-order valence-electron chi connectivity index (χ2n) is 3.98. The summed E-state index contributed by atoms with van der Waals surface area (Å²) in [5.74, 6) is -0.992. The first-order chi connectivity index (χ1) is 8.06. The van der Waals surface area contributed by atoms with E-state index in [1.54, 1.807) is 0 Å². The lowest BCUT2D eigenvalue weighted by atomic mass is 10.2. The molecule has 0 atom stereocenters. The third kappa shape index (κ3) is 3.30. The standard InChI is InChI=1S/C11H12ClF2N3/c12-8-4-9(13)6(3-10(8)14)5-16-11(15)17-7-1-2-7/h3-4,7H,1-2,5H2,(H3,15,16,17). The van der Waals surface area contributed by atoms with Gasteiger partial charge in [-0.1, -0.05) is 11.6 Å². The molecule has 1 saturated carbocycles. The SMILES string of the molecule is NC(=NCc1cc(F)c(Cl)cc1F)NC1CC1. The largest absolute Gasteiger partial charge is 0.370 e. The molecule has 0 heterocycles. The Morgan fingerprint density at radius 1 is 1.41 bits per heavy atom. The Bertz CT molecular complexity index is 458. The number of benzene rings is 1. The van der Waals surface area contributed by atoms with Crippen molar-refractivity contribution in [3.05, 3.63) is 34.4 Å². The lowest BCUT2D eigenvalue weighted by Gasteiger charge is -2.04. The molecule has 0 aromatic heterocycles. The van der Waals surface area contributed by atoms with E-state index in [9.17, 15) is 8.78 Å². The van der Waals surface area contributed by atoms with Crippen molar-refractivity contribution in [1.29, 1.82) is 0 Å². The Balaban J connectivity index is 2.04. The molecule has 1 aromatic carbocycles. The van der Waals surface area contributed by atoms with Crippen molar-refractivity contribution in [1.82, 2.24) is 5.32 Å². The Morgan fingerprint density at radius 2 is 2.12 bits per heavy atom. The Morgan fingerprint density at radius 3 is 2.76 bits per heavy atom. The smallest absolute Gasteiger partial charge is 0.189 e. The molecular formula is C11H12ClF2N3. The summed E-state index contributed by atoms with van der Waals surface area (Å²) < 4.78 is 26.5. The van der Waals surface area contributed by atoms with Gasteiger partial charge < -0.3 is 11.1 Å². The maximum absolute atomic E-state index is 13.4. The molecule has 0 amide bonds. The van der Waals surface area contributed by atoms with Crippen molar-refractivity contribution >= 4 is 17.6 Å². The van der Waals surface area contributed by atoms with E-state index < -0.39 is 11.6 Å². The number of nitrogens with one attached hydrogen (secondary N) is 1. The van der Waals surface area contributed by atoms with Gasteiger partial charge >= 0.3 is 0 Å². The lowest BCUT2D eigenvalue weighted by molar-refractivity contribution is 0.586. The van der Waals surface area contributed by atoms with Gasteiger partial charge in [0, 0.05) is 11.6 Å². The van der Waals surface area contributed by atoms with Crippen LogP contribution in [0.3, 0.4) is 0 Å². The summed E-state index contributed by atoms with van der Waals surface area (Å²) in [6.45, 7) is -0.00846. The van der Waals surface area contributed by atoms with E-state index in [1.165, 1.54) is 0 Å². The first-order valence-corrected chi connectivity index (χ1v) is 5.64. The molecule has 0 aliphatic heterocycles. The van der Waals surface area contributed by atoms with Gasteiger partial charge in [-0.3, -0.25) is 0 Å². The van der Waals surface area contributed by atoms with Crippen molar-refractivity contribution in [2.24, 2.45) is 10.7 Å². The highest BCUT2D eigenvalue weighted by Crippen LogP contribution is 2.20. The van der Waals surface area contributed by atoms with Gasteiger partial charge in [0.25, 0.3) is 0 Å².